The number of aryl methyl sites for hydroxylation is 2. The van der Waals surface area contributed by atoms with Gasteiger partial charge in [-0.2, -0.15) is 0 Å². The van der Waals surface area contributed by atoms with Crippen molar-refractivity contribution >= 4 is 11.6 Å². The summed E-state index contributed by atoms with van der Waals surface area (Å²) >= 11 is 6.21. The van der Waals surface area contributed by atoms with Crippen molar-refractivity contribution in [3.63, 3.8) is 0 Å². The van der Waals surface area contributed by atoms with Gasteiger partial charge in [0.15, 0.2) is 0 Å². The first-order valence-corrected chi connectivity index (χ1v) is 7.23. The van der Waals surface area contributed by atoms with Crippen molar-refractivity contribution in [2.45, 2.75) is 32.7 Å². The summed E-state index contributed by atoms with van der Waals surface area (Å²) in [5, 5.41) is 0.799. The van der Waals surface area contributed by atoms with Crippen LogP contribution in [0.3, 0.4) is 0 Å². The van der Waals surface area contributed by atoms with Gasteiger partial charge in [-0.15, -0.1) is 0 Å². The largest absolute Gasteiger partial charge is 0.271 e. The molecule has 0 radical (unpaired) electrons. The molecule has 0 saturated carbocycles. The van der Waals surface area contributed by atoms with E-state index >= 15 is 0 Å². The zero-order chi connectivity index (χ0) is 14.5. The van der Waals surface area contributed by atoms with Crippen molar-refractivity contribution in [3.05, 3.63) is 69.7 Å². The first kappa shape index (κ1) is 15.0. The Morgan fingerprint density at radius 1 is 1.05 bits per heavy atom. The van der Waals surface area contributed by atoms with Crippen LogP contribution in [0.2, 0.25) is 5.02 Å². The van der Waals surface area contributed by atoms with Crippen LogP contribution in [0.4, 0.5) is 0 Å². The molecule has 2 rings (SSSR count). The Balaban J connectivity index is 2.09. The van der Waals surface area contributed by atoms with Crippen molar-refractivity contribution in [3.8, 4) is 0 Å². The number of hydrogen-bond donors (Lipinski definition) is 2. The second-order valence-electron chi connectivity index (χ2n) is 5.28. The molecular formula is C17H21ClN2. The van der Waals surface area contributed by atoms with Gasteiger partial charge in [-0.1, -0.05) is 48.0 Å². The summed E-state index contributed by atoms with van der Waals surface area (Å²) in [4.78, 5) is 0. The Kier molecular flexibility index (Phi) is 5.18. The smallest absolute Gasteiger partial charge is 0.0438 e. The van der Waals surface area contributed by atoms with E-state index < -0.39 is 0 Å². The summed E-state index contributed by atoms with van der Waals surface area (Å²) in [7, 11) is 0. The Morgan fingerprint density at radius 3 is 2.45 bits per heavy atom. The maximum absolute atomic E-state index is 6.21. The Morgan fingerprint density at radius 2 is 1.80 bits per heavy atom. The third-order valence-electron chi connectivity index (χ3n) is 3.71. The highest BCUT2D eigenvalue weighted by molar-refractivity contribution is 6.31. The molecule has 0 saturated heterocycles. The average molecular weight is 289 g/mol. The molecule has 2 nitrogen and oxygen atoms in total. The molecule has 2 aromatic rings. The number of rotatable bonds is 5. The summed E-state index contributed by atoms with van der Waals surface area (Å²) in [6, 6.07) is 14.6. The highest BCUT2D eigenvalue weighted by Crippen LogP contribution is 2.18. The normalized spacial score (nSPS) is 12.4. The Bertz CT molecular complexity index is 581. The predicted octanol–water partition coefficient (Wildman–Crippen LogP) is 3.57. The van der Waals surface area contributed by atoms with E-state index in [9.17, 15) is 0 Å². The molecule has 0 aliphatic heterocycles. The average Bonchev–Trinajstić information content (AvgIpc) is 2.44. The van der Waals surface area contributed by atoms with Crippen molar-refractivity contribution in [1.82, 2.24) is 5.43 Å². The summed E-state index contributed by atoms with van der Waals surface area (Å²) in [5.41, 5.74) is 7.95. The molecule has 3 heteroatoms. The van der Waals surface area contributed by atoms with Crippen LogP contribution in [0.1, 0.15) is 22.3 Å². The Hall–Kier alpha value is -1.35. The van der Waals surface area contributed by atoms with Crippen molar-refractivity contribution < 1.29 is 0 Å². The van der Waals surface area contributed by atoms with Crippen LogP contribution < -0.4 is 11.3 Å². The van der Waals surface area contributed by atoms with Gasteiger partial charge in [0.2, 0.25) is 0 Å². The molecule has 2 aromatic carbocycles. The van der Waals surface area contributed by atoms with Gasteiger partial charge in [0.1, 0.15) is 0 Å². The lowest BCUT2D eigenvalue weighted by atomic mass is 9.97. The van der Waals surface area contributed by atoms with E-state index in [0.29, 0.717) is 0 Å². The molecule has 0 aromatic heterocycles. The number of nitrogens with one attached hydrogen (secondary N) is 1. The van der Waals surface area contributed by atoms with Crippen LogP contribution in [0, 0.1) is 13.8 Å². The second-order valence-corrected chi connectivity index (χ2v) is 5.69. The molecule has 1 atom stereocenters. The topological polar surface area (TPSA) is 38.0 Å². The molecule has 0 aliphatic carbocycles. The van der Waals surface area contributed by atoms with Crippen molar-refractivity contribution in [2.75, 3.05) is 0 Å². The fraction of sp³-hybridized carbons (Fsp3) is 0.294. The van der Waals surface area contributed by atoms with Crippen molar-refractivity contribution in [1.29, 1.82) is 0 Å². The lowest BCUT2D eigenvalue weighted by Crippen LogP contribution is -2.38. The van der Waals surface area contributed by atoms with Gasteiger partial charge in [-0.05, 0) is 55.0 Å². The van der Waals surface area contributed by atoms with E-state index in [-0.39, 0.29) is 6.04 Å². The van der Waals surface area contributed by atoms with E-state index in [1.165, 1.54) is 16.7 Å². The standard InChI is InChI=1S/C17H21ClN2/c1-12-7-8-14(9-13(12)2)10-16(20-19)11-15-5-3-4-6-17(15)18/h3-9,16,20H,10-11,19H2,1-2H3. The summed E-state index contributed by atoms with van der Waals surface area (Å²) < 4.78 is 0. The lowest BCUT2D eigenvalue weighted by molar-refractivity contribution is 0.522. The van der Waals surface area contributed by atoms with Gasteiger partial charge in [0, 0.05) is 11.1 Å². The van der Waals surface area contributed by atoms with Crippen LogP contribution in [0.15, 0.2) is 42.5 Å². The van der Waals surface area contributed by atoms with Crippen LogP contribution in [-0.2, 0) is 12.8 Å². The van der Waals surface area contributed by atoms with Gasteiger partial charge in [0.25, 0.3) is 0 Å². The van der Waals surface area contributed by atoms with E-state index in [4.69, 9.17) is 17.4 Å². The van der Waals surface area contributed by atoms with Gasteiger partial charge >= 0.3 is 0 Å². The number of halogens is 1. The quantitative estimate of drug-likeness (QED) is 0.652. The molecule has 0 fully saturated rings. The number of benzene rings is 2. The monoisotopic (exact) mass is 288 g/mol. The maximum Gasteiger partial charge on any atom is 0.0438 e. The first-order chi connectivity index (χ1) is 9.60. The zero-order valence-electron chi connectivity index (χ0n) is 12.0. The minimum absolute atomic E-state index is 0.178. The summed E-state index contributed by atoms with van der Waals surface area (Å²) in [5.74, 6) is 5.69. The van der Waals surface area contributed by atoms with Crippen LogP contribution in [0.25, 0.3) is 0 Å². The molecule has 0 heterocycles. The third kappa shape index (κ3) is 3.83. The molecule has 0 bridgehead atoms. The van der Waals surface area contributed by atoms with Crippen LogP contribution >= 0.6 is 11.6 Å². The van der Waals surface area contributed by atoms with E-state index in [1.54, 1.807) is 0 Å². The minimum Gasteiger partial charge on any atom is -0.271 e. The lowest BCUT2D eigenvalue weighted by Gasteiger charge is -2.17. The molecule has 0 aliphatic rings. The van der Waals surface area contributed by atoms with Gasteiger partial charge < -0.3 is 0 Å². The molecular weight excluding hydrogens is 268 g/mol. The summed E-state index contributed by atoms with van der Waals surface area (Å²) in [6.45, 7) is 4.26. The second kappa shape index (κ2) is 6.89. The van der Waals surface area contributed by atoms with E-state index in [1.807, 2.05) is 24.3 Å². The number of hydrogen-bond acceptors (Lipinski definition) is 2. The van der Waals surface area contributed by atoms with Gasteiger partial charge in [-0.25, -0.2) is 0 Å². The molecule has 3 N–H and O–H groups in total. The molecule has 20 heavy (non-hydrogen) atoms. The van der Waals surface area contributed by atoms with Gasteiger partial charge in [-0.3, -0.25) is 11.3 Å². The minimum atomic E-state index is 0.178. The van der Waals surface area contributed by atoms with Crippen LogP contribution in [-0.4, -0.2) is 6.04 Å². The fourth-order valence-corrected chi connectivity index (χ4v) is 2.55. The van der Waals surface area contributed by atoms with E-state index in [2.05, 4.69) is 37.5 Å². The van der Waals surface area contributed by atoms with Gasteiger partial charge in [0.05, 0.1) is 0 Å². The first-order valence-electron chi connectivity index (χ1n) is 6.86. The molecule has 0 amide bonds. The highest BCUT2D eigenvalue weighted by atomic mass is 35.5. The number of nitrogens with two attached hydrogens (primary N) is 1. The predicted molar refractivity (Wildman–Crippen MR) is 85.9 cm³/mol. The van der Waals surface area contributed by atoms with Crippen molar-refractivity contribution in [2.24, 2.45) is 5.84 Å². The zero-order valence-corrected chi connectivity index (χ0v) is 12.7. The Labute approximate surface area is 125 Å². The third-order valence-corrected chi connectivity index (χ3v) is 4.08. The van der Waals surface area contributed by atoms with E-state index in [0.717, 1.165) is 23.4 Å². The van der Waals surface area contributed by atoms with Crippen LogP contribution in [0.5, 0.6) is 0 Å². The number of hydrazine groups is 1. The summed E-state index contributed by atoms with van der Waals surface area (Å²) in [6.07, 6.45) is 1.71. The maximum atomic E-state index is 6.21. The fourth-order valence-electron chi connectivity index (χ4n) is 2.33. The highest BCUT2D eigenvalue weighted by Gasteiger charge is 2.11. The molecule has 106 valence electrons. The molecule has 0 spiro atoms. The molecule has 1 unspecified atom stereocenters. The SMILES string of the molecule is Cc1ccc(CC(Cc2ccccc2Cl)NN)cc1C.